The lowest BCUT2D eigenvalue weighted by molar-refractivity contribution is -0.136. The highest BCUT2D eigenvalue weighted by Crippen LogP contribution is 1.99. The maximum absolute atomic E-state index is 10.5. The summed E-state index contributed by atoms with van der Waals surface area (Å²) in [5, 5.41) is 0. The molecule has 3 nitrogen and oxygen atoms in total. The van der Waals surface area contributed by atoms with Gasteiger partial charge in [-0.15, -0.1) is 0 Å². The van der Waals surface area contributed by atoms with Gasteiger partial charge in [0.25, 0.3) is 0 Å². The number of carbonyl (C=O) groups excluding carboxylic acids is 1. The molecule has 0 aliphatic heterocycles. The van der Waals surface area contributed by atoms with Crippen LogP contribution in [0.4, 0.5) is 0 Å². The summed E-state index contributed by atoms with van der Waals surface area (Å²) in [6.07, 6.45) is 4.74. The second-order valence-electron chi connectivity index (χ2n) is 2.02. The number of ether oxygens (including phenoxy) is 2. The van der Waals surface area contributed by atoms with E-state index in [0.717, 1.165) is 0 Å². The molecule has 3 heteroatoms. The van der Waals surface area contributed by atoms with Gasteiger partial charge in [-0.3, -0.25) is 4.79 Å². The van der Waals surface area contributed by atoms with E-state index >= 15 is 0 Å². The SMILES string of the molecule is COC(=O)[CH][CH][CH]C(C)OC. The summed E-state index contributed by atoms with van der Waals surface area (Å²) in [5.74, 6) is -0.357. The third-order valence-corrected chi connectivity index (χ3v) is 1.19. The van der Waals surface area contributed by atoms with E-state index in [-0.39, 0.29) is 12.1 Å². The van der Waals surface area contributed by atoms with Crippen molar-refractivity contribution in [3.8, 4) is 0 Å². The fraction of sp³-hybridized carbons (Fsp3) is 0.500. The van der Waals surface area contributed by atoms with Gasteiger partial charge >= 0.3 is 5.97 Å². The number of carbonyl (C=O) groups is 1. The fourth-order valence-electron chi connectivity index (χ4n) is 0.437. The normalized spacial score (nSPS) is 12.6. The first-order valence-corrected chi connectivity index (χ1v) is 3.33. The predicted molar refractivity (Wildman–Crippen MR) is 41.4 cm³/mol. The van der Waals surface area contributed by atoms with Crippen LogP contribution < -0.4 is 0 Å². The van der Waals surface area contributed by atoms with Crippen LogP contribution in [0, 0.1) is 19.3 Å². The molecule has 0 heterocycles. The van der Waals surface area contributed by atoms with Crippen molar-refractivity contribution in [1.29, 1.82) is 0 Å². The summed E-state index contributed by atoms with van der Waals surface area (Å²) in [7, 11) is 2.94. The van der Waals surface area contributed by atoms with Crippen LogP contribution in [0.5, 0.6) is 0 Å². The lowest BCUT2D eigenvalue weighted by Crippen LogP contribution is -2.08. The molecule has 0 bridgehead atoms. The fourth-order valence-corrected chi connectivity index (χ4v) is 0.437. The molecule has 1 atom stereocenters. The Balaban J connectivity index is 3.20. The van der Waals surface area contributed by atoms with E-state index in [9.17, 15) is 4.79 Å². The Morgan fingerprint density at radius 1 is 1.45 bits per heavy atom. The van der Waals surface area contributed by atoms with Crippen LogP contribution in [0.25, 0.3) is 0 Å². The largest absolute Gasteiger partial charge is 0.469 e. The summed E-state index contributed by atoms with van der Waals surface area (Å²) in [4.78, 5) is 10.5. The average Bonchev–Trinajstić information content (AvgIpc) is 2.04. The summed E-state index contributed by atoms with van der Waals surface area (Å²) in [6.45, 7) is 1.88. The summed E-state index contributed by atoms with van der Waals surface area (Å²) >= 11 is 0. The first kappa shape index (κ1) is 10.4. The van der Waals surface area contributed by atoms with Crippen LogP contribution in [-0.2, 0) is 14.3 Å². The molecule has 1 unspecified atom stereocenters. The van der Waals surface area contributed by atoms with E-state index in [0.29, 0.717) is 0 Å². The number of methoxy groups -OCH3 is 2. The zero-order chi connectivity index (χ0) is 8.69. The highest BCUT2D eigenvalue weighted by atomic mass is 16.5. The third-order valence-electron chi connectivity index (χ3n) is 1.19. The molecule has 0 rings (SSSR count). The van der Waals surface area contributed by atoms with Gasteiger partial charge in [0, 0.05) is 7.11 Å². The average molecular weight is 157 g/mol. The van der Waals surface area contributed by atoms with E-state index in [1.54, 1.807) is 20.0 Å². The van der Waals surface area contributed by atoms with Gasteiger partial charge < -0.3 is 9.47 Å². The van der Waals surface area contributed by atoms with Gasteiger partial charge in [0.2, 0.25) is 0 Å². The molecule has 0 saturated heterocycles. The maximum atomic E-state index is 10.5. The molecule has 0 saturated carbocycles. The Hall–Kier alpha value is -0.570. The van der Waals surface area contributed by atoms with E-state index in [1.165, 1.54) is 13.5 Å². The van der Waals surface area contributed by atoms with Gasteiger partial charge in [0.15, 0.2) is 0 Å². The van der Waals surface area contributed by atoms with Crippen LogP contribution in [0.1, 0.15) is 6.92 Å². The highest BCUT2D eigenvalue weighted by Gasteiger charge is 2.04. The van der Waals surface area contributed by atoms with Crippen molar-refractivity contribution in [2.45, 2.75) is 13.0 Å². The Morgan fingerprint density at radius 3 is 2.55 bits per heavy atom. The minimum absolute atomic E-state index is 0.0240. The summed E-state index contributed by atoms with van der Waals surface area (Å²) in [5.41, 5.74) is 0. The second-order valence-corrected chi connectivity index (χ2v) is 2.02. The summed E-state index contributed by atoms with van der Waals surface area (Å²) < 4.78 is 9.29. The minimum Gasteiger partial charge on any atom is -0.469 e. The molecular weight excluding hydrogens is 144 g/mol. The molecule has 3 radical (unpaired) electrons. The Morgan fingerprint density at radius 2 is 2.09 bits per heavy atom. The van der Waals surface area contributed by atoms with Gasteiger partial charge in [0.05, 0.1) is 19.6 Å². The quantitative estimate of drug-likeness (QED) is 0.554. The molecule has 0 fully saturated rings. The summed E-state index contributed by atoms with van der Waals surface area (Å²) in [6, 6.07) is 0. The first-order valence-electron chi connectivity index (χ1n) is 3.33. The van der Waals surface area contributed by atoms with Crippen molar-refractivity contribution in [3.63, 3.8) is 0 Å². The third kappa shape index (κ3) is 5.85. The van der Waals surface area contributed by atoms with Crippen molar-refractivity contribution in [3.05, 3.63) is 19.3 Å². The van der Waals surface area contributed by atoms with Crippen LogP contribution in [0.2, 0.25) is 0 Å². The van der Waals surface area contributed by atoms with Gasteiger partial charge in [-0.25, -0.2) is 0 Å². The molecule has 0 aliphatic rings. The molecule has 0 amide bonds. The van der Waals surface area contributed by atoms with Crippen LogP contribution in [0.15, 0.2) is 0 Å². The monoisotopic (exact) mass is 157 g/mol. The van der Waals surface area contributed by atoms with Crippen molar-refractivity contribution < 1.29 is 14.3 Å². The Bertz CT molecular complexity index is 112. The number of esters is 1. The number of hydrogen-bond donors (Lipinski definition) is 0. The maximum Gasteiger partial charge on any atom is 0.309 e. The molecule has 11 heavy (non-hydrogen) atoms. The van der Waals surface area contributed by atoms with Crippen molar-refractivity contribution in [2.75, 3.05) is 14.2 Å². The molecular formula is C8H13O3. The van der Waals surface area contributed by atoms with E-state index < -0.39 is 0 Å². The van der Waals surface area contributed by atoms with Gasteiger partial charge in [-0.05, 0) is 19.8 Å². The molecule has 0 spiro atoms. The molecule has 0 N–H and O–H groups in total. The lowest BCUT2D eigenvalue weighted by Gasteiger charge is -2.06. The highest BCUT2D eigenvalue weighted by molar-refractivity contribution is 5.80. The molecule has 63 valence electrons. The lowest BCUT2D eigenvalue weighted by atomic mass is 10.2. The smallest absolute Gasteiger partial charge is 0.309 e. The van der Waals surface area contributed by atoms with Crippen molar-refractivity contribution in [1.82, 2.24) is 0 Å². The van der Waals surface area contributed by atoms with Crippen LogP contribution >= 0.6 is 0 Å². The zero-order valence-corrected chi connectivity index (χ0v) is 7.03. The van der Waals surface area contributed by atoms with Gasteiger partial charge in [-0.2, -0.15) is 0 Å². The second kappa shape index (κ2) is 6.16. The molecule has 0 aromatic rings. The first-order chi connectivity index (χ1) is 5.20. The van der Waals surface area contributed by atoms with Gasteiger partial charge in [0.1, 0.15) is 0 Å². The standard InChI is InChI=1S/C8H13O3/c1-7(10-2)5-4-6-8(9)11-3/h4-7H,1-3H3. The molecule has 0 aliphatic carbocycles. The van der Waals surface area contributed by atoms with Crippen molar-refractivity contribution in [2.24, 2.45) is 0 Å². The molecule has 0 aromatic carbocycles. The predicted octanol–water partition coefficient (Wildman–Crippen LogP) is 0.807. The number of rotatable bonds is 5. The van der Waals surface area contributed by atoms with Crippen molar-refractivity contribution >= 4 is 5.97 Å². The van der Waals surface area contributed by atoms with Crippen LogP contribution in [-0.4, -0.2) is 26.3 Å². The topological polar surface area (TPSA) is 35.5 Å². The Labute approximate surface area is 67.7 Å². The minimum atomic E-state index is -0.357. The van der Waals surface area contributed by atoms with E-state index in [2.05, 4.69) is 4.74 Å². The number of hydrogen-bond acceptors (Lipinski definition) is 3. The Kier molecular flexibility index (Phi) is 5.84. The zero-order valence-electron chi connectivity index (χ0n) is 7.03. The van der Waals surface area contributed by atoms with Crippen LogP contribution in [0.3, 0.4) is 0 Å². The van der Waals surface area contributed by atoms with E-state index in [4.69, 9.17) is 4.74 Å². The van der Waals surface area contributed by atoms with E-state index in [1.807, 2.05) is 6.92 Å². The molecule has 0 aromatic heterocycles. The van der Waals surface area contributed by atoms with Gasteiger partial charge in [-0.1, -0.05) is 0 Å².